The van der Waals surface area contributed by atoms with E-state index in [1.54, 1.807) is 18.3 Å². The summed E-state index contributed by atoms with van der Waals surface area (Å²) in [7, 11) is 0. The molecule has 1 aromatic rings. The zero-order valence-corrected chi connectivity index (χ0v) is 11.9. The molecule has 0 spiro atoms. The largest absolute Gasteiger partial charge is 0.392 e. The fraction of sp³-hybridized carbons (Fsp3) is 0.600. The van der Waals surface area contributed by atoms with Crippen LogP contribution in [0.2, 0.25) is 0 Å². The molecule has 0 unspecified atom stereocenters. The Morgan fingerprint density at radius 3 is 2.95 bits per heavy atom. The van der Waals surface area contributed by atoms with Crippen LogP contribution in [0, 0.1) is 17.2 Å². The predicted octanol–water partition coefficient (Wildman–Crippen LogP) is 1.46. The highest BCUT2D eigenvalue weighted by Gasteiger charge is 2.20. The summed E-state index contributed by atoms with van der Waals surface area (Å²) in [5, 5.41) is 21.7. The molecule has 5 heteroatoms. The highest BCUT2D eigenvalue weighted by atomic mass is 16.3. The van der Waals surface area contributed by atoms with E-state index in [0.717, 1.165) is 39.0 Å². The number of pyridine rings is 1. The van der Waals surface area contributed by atoms with E-state index >= 15 is 0 Å². The average molecular weight is 274 g/mol. The molecule has 2 heterocycles. The van der Waals surface area contributed by atoms with Crippen LogP contribution >= 0.6 is 0 Å². The van der Waals surface area contributed by atoms with Crippen LogP contribution in [0.25, 0.3) is 0 Å². The van der Waals surface area contributed by atoms with Crippen LogP contribution in [-0.2, 0) is 0 Å². The van der Waals surface area contributed by atoms with E-state index < -0.39 is 0 Å². The van der Waals surface area contributed by atoms with Gasteiger partial charge in [-0.3, -0.25) is 0 Å². The molecule has 108 valence electrons. The van der Waals surface area contributed by atoms with E-state index in [9.17, 15) is 5.11 Å². The van der Waals surface area contributed by atoms with Gasteiger partial charge in [-0.05, 0) is 50.9 Å². The molecule has 1 aliphatic heterocycles. The van der Waals surface area contributed by atoms with Crippen molar-refractivity contribution in [2.75, 3.05) is 31.5 Å². The minimum Gasteiger partial charge on any atom is -0.392 e. The predicted molar refractivity (Wildman–Crippen MR) is 78.3 cm³/mol. The molecule has 2 rings (SSSR count). The van der Waals surface area contributed by atoms with Crippen molar-refractivity contribution in [2.45, 2.75) is 25.9 Å². The smallest absolute Gasteiger partial charge is 0.143 e. The number of hydrogen-bond donors (Lipinski definition) is 2. The summed E-state index contributed by atoms with van der Waals surface area (Å²) < 4.78 is 0. The second-order valence-corrected chi connectivity index (χ2v) is 5.49. The molecule has 0 amide bonds. The van der Waals surface area contributed by atoms with Crippen LogP contribution in [0.1, 0.15) is 25.3 Å². The van der Waals surface area contributed by atoms with Crippen LogP contribution in [0.15, 0.2) is 18.3 Å². The number of nitrogens with one attached hydrogen (secondary N) is 1. The van der Waals surface area contributed by atoms with Crippen LogP contribution in [0.4, 0.5) is 5.82 Å². The van der Waals surface area contributed by atoms with Crippen molar-refractivity contribution < 1.29 is 5.11 Å². The second-order valence-electron chi connectivity index (χ2n) is 5.49. The first-order valence-electron chi connectivity index (χ1n) is 7.18. The van der Waals surface area contributed by atoms with Crippen molar-refractivity contribution >= 4 is 5.82 Å². The Labute approximate surface area is 120 Å². The van der Waals surface area contributed by atoms with Gasteiger partial charge >= 0.3 is 0 Å². The fourth-order valence-corrected chi connectivity index (χ4v) is 2.62. The number of piperidine rings is 1. The number of anilines is 1. The molecule has 1 aromatic heterocycles. The maximum Gasteiger partial charge on any atom is 0.143 e. The molecule has 1 atom stereocenters. The Kier molecular flexibility index (Phi) is 5.33. The summed E-state index contributed by atoms with van der Waals surface area (Å²) in [6.07, 6.45) is 3.69. The van der Waals surface area contributed by atoms with Gasteiger partial charge in [-0.15, -0.1) is 0 Å². The molecular weight excluding hydrogens is 252 g/mol. The third-order valence-corrected chi connectivity index (χ3v) is 3.72. The molecule has 1 aliphatic rings. The normalized spacial score (nSPS) is 18.4. The molecular formula is C15H22N4O. The summed E-state index contributed by atoms with van der Waals surface area (Å²) in [6, 6.07) is 5.71. The molecule has 1 saturated heterocycles. The van der Waals surface area contributed by atoms with Crippen molar-refractivity contribution in [3.63, 3.8) is 0 Å². The number of nitriles is 1. The Bertz CT molecular complexity index is 461. The monoisotopic (exact) mass is 274 g/mol. The van der Waals surface area contributed by atoms with Crippen LogP contribution < -0.4 is 5.32 Å². The Morgan fingerprint density at radius 2 is 2.30 bits per heavy atom. The van der Waals surface area contributed by atoms with Gasteiger partial charge in [0, 0.05) is 19.3 Å². The number of aliphatic hydroxyl groups is 1. The minimum atomic E-state index is -0.253. The lowest BCUT2D eigenvalue weighted by molar-refractivity contribution is 0.102. The van der Waals surface area contributed by atoms with E-state index in [0.29, 0.717) is 17.3 Å². The van der Waals surface area contributed by atoms with E-state index in [2.05, 4.69) is 21.3 Å². The topological polar surface area (TPSA) is 72.2 Å². The van der Waals surface area contributed by atoms with Gasteiger partial charge in [-0.2, -0.15) is 5.26 Å². The van der Waals surface area contributed by atoms with Gasteiger partial charge in [0.2, 0.25) is 0 Å². The first kappa shape index (κ1) is 14.8. The van der Waals surface area contributed by atoms with Crippen molar-refractivity contribution in [1.82, 2.24) is 9.88 Å². The van der Waals surface area contributed by atoms with Gasteiger partial charge in [-0.1, -0.05) is 0 Å². The molecule has 0 saturated carbocycles. The molecule has 0 aromatic carbocycles. The summed E-state index contributed by atoms with van der Waals surface area (Å²) in [4.78, 5) is 6.52. The Balaban J connectivity index is 1.78. The molecule has 1 fully saturated rings. The number of β-amino-alcohol motifs (C(OH)–C–C–N with tert-alkyl or cyclic N) is 1. The van der Waals surface area contributed by atoms with Crippen molar-refractivity contribution in [2.24, 2.45) is 5.92 Å². The first-order chi connectivity index (χ1) is 9.69. The number of aromatic nitrogens is 1. The van der Waals surface area contributed by atoms with Crippen molar-refractivity contribution in [1.29, 1.82) is 5.26 Å². The molecule has 0 aliphatic carbocycles. The fourth-order valence-electron chi connectivity index (χ4n) is 2.62. The number of likely N-dealkylation sites (tertiary alicyclic amines) is 1. The standard InChI is InChI=1S/C15H22N4O/c1-12(20)11-19-7-4-13(5-8-19)10-18-15-14(9-16)3-2-6-17-15/h2-3,6,12-13,20H,4-5,7-8,10-11H2,1H3,(H,17,18)/t12-/m1/s1. The lowest BCUT2D eigenvalue weighted by Crippen LogP contribution is -2.39. The third kappa shape index (κ3) is 4.19. The summed E-state index contributed by atoms with van der Waals surface area (Å²) in [6.45, 7) is 5.51. The molecule has 2 N–H and O–H groups in total. The van der Waals surface area contributed by atoms with Gasteiger partial charge in [-0.25, -0.2) is 4.98 Å². The van der Waals surface area contributed by atoms with Crippen LogP contribution in [0.3, 0.4) is 0 Å². The van der Waals surface area contributed by atoms with Crippen LogP contribution in [-0.4, -0.2) is 47.3 Å². The Morgan fingerprint density at radius 1 is 1.55 bits per heavy atom. The molecule has 5 nitrogen and oxygen atoms in total. The van der Waals surface area contributed by atoms with Gasteiger partial charge < -0.3 is 15.3 Å². The quantitative estimate of drug-likeness (QED) is 0.850. The maximum absolute atomic E-state index is 9.39. The SMILES string of the molecule is C[C@@H](O)CN1CCC(CNc2ncccc2C#N)CC1. The zero-order valence-electron chi connectivity index (χ0n) is 11.9. The number of nitrogens with zero attached hydrogens (tertiary/aromatic N) is 3. The van der Waals surface area contributed by atoms with Crippen molar-refractivity contribution in [3.05, 3.63) is 23.9 Å². The number of hydrogen-bond acceptors (Lipinski definition) is 5. The zero-order chi connectivity index (χ0) is 14.4. The van der Waals surface area contributed by atoms with Gasteiger partial charge in [0.05, 0.1) is 11.7 Å². The average Bonchev–Trinajstić information content (AvgIpc) is 2.46. The Hall–Kier alpha value is -1.64. The maximum atomic E-state index is 9.39. The first-order valence-corrected chi connectivity index (χ1v) is 7.18. The van der Waals surface area contributed by atoms with Crippen LogP contribution in [0.5, 0.6) is 0 Å². The minimum absolute atomic E-state index is 0.253. The van der Waals surface area contributed by atoms with Gasteiger partial charge in [0.25, 0.3) is 0 Å². The van der Waals surface area contributed by atoms with E-state index in [-0.39, 0.29) is 6.10 Å². The van der Waals surface area contributed by atoms with Gasteiger partial charge in [0.15, 0.2) is 0 Å². The van der Waals surface area contributed by atoms with E-state index in [4.69, 9.17) is 5.26 Å². The summed E-state index contributed by atoms with van der Waals surface area (Å²) >= 11 is 0. The van der Waals surface area contributed by atoms with Gasteiger partial charge in [0.1, 0.15) is 11.9 Å². The highest BCUT2D eigenvalue weighted by molar-refractivity contribution is 5.51. The summed E-state index contributed by atoms with van der Waals surface area (Å²) in [5.41, 5.74) is 0.596. The second kappa shape index (κ2) is 7.22. The lowest BCUT2D eigenvalue weighted by atomic mass is 9.96. The highest BCUT2D eigenvalue weighted by Crippen LogP contribution is 2.19. The molecule has 0 bridgehead atoms. The van der Waals surface area contributed by atoms with E-state index in [1.807, 2.05) is 6.92 Å². The van der Waals surface area contributed by atoms with Crippen molar-refractivity contribution in [3.8, 4) is 6.07 Å². The third-order valence-electron chi connectivity index (χ3n) is 3.72. The molecule has 20 heavy (non-hydrogen) atoms. The lowest BCUT2D eigenvalue weighted by Gasteiger charge is -2.32. The number of aliphatic hydroxyl groups excluding tert-OH is 1. The van der Waals surface area contributed by atoms with E-state index in [1.165, 1.54) is 0 Å². The summed E-state index contributed by atoms with van der Waals surface area (Å²) in [5.74, 6) is 1.29. The molecule has 0 radical (unpaired) electrons. The number of rotatable bonds is 5.